The van der Waals surface area contributed by atoms with Crippen molar-refractivity contribution < 1.29 is 18.3 Å². The number of carboxylic acids is 1. The summed E-state index contributed by atoms with van der Waals surface area (Å²) in [5, 5.41) is 8.68. The maximum atomic E-state index is 12.0. The lowest BCUT2D eigenvalue weighted by atomic mass is 10.4. The molecular weight excluding hydrogens is 359 g/mol. The number of hydrazine groups is 1. The Morgan fingerprint density at radius 3 is 2.41 bits per heavy atom. The normalized spacial score (nSPS) is 13.6. The van der Waals surface area contributed by atoms with Gasteiger partial charge < -0.3 is 5.11 Å². The van der Waals surface area contributed by atoms with Gasteiger partial charge in [-0.2, -0.15) is 0 Å². The number of carbonyl (C=O) groups is 1. The number of nitrogens with zero attached hydrogens (tertiary/aromatic N) is 1. The van der Waals surface area contributed by atoms with Gasteiger partial charge in [0.25, 0.3) is 10.0 Å². The fraction of sp³-hybridized carbons (Fsp3) is 0.222. The molecule has 1 rings (SSSR count). The van der Waals surface area contributed by atoms with Gasteiger partial charge in [0, 0.05) is 0 Å². The number of carboxylic acid groups (broad SMARTS) is 1. The molecule has 2 N–H and O–H groups in total. The molecule has 1 atom stereocenters. The quantitative estimate of drug-likeness (QED) is 0.459. The van der Waals surface area contributed by atoms with Crippen molar-refractivity contribution in [2.24, 2.45) is 0 Å². The Hall–Kier alpha value is -0.710. The monoisotopic (exact) mass is 370 g/mol. The average Bonchev–Trinajstić information content (AvgIpc) is 2.29. The van der Waals surface area contributed by atoms with Gasteiger partial charge in [0.15, 0.2) is 0 Å². The standard InChI is InChI=1S/C9H11IN2O4S/c1-7(9(13)14)11-12(10)17(15,16)8-5-3-2-4-6-8/h2-7,11H,1H3,(H,13,14)/t7-/m0/s1. The van der Waals surface area contributed by atoms with E-state index in [0.717, 1.165) is 2.63 Å². The van der Waals surface area contributed by atoms with E-state index >= 15 is 0 Å². The van der Waals surface area contributed by atoms with E-state index in [1.165, 1.54) is 41.9 Å². The second-order valence-corrected chi connectivity index (χ2v) is 6.63. The zero-order chi connectivity index (χ0) is 13.1. The topological polar surface area (TPSA) is 86.7 Å². The first kappa shape index (κ1) is 14.4. The van der Waals surface area contributed by atoms with E-state index in [9.17, 15) is 13.2 Å². The Morgan fingerprint density at radius 1 is 1.41 bits per heavy atom. The van der Waals surface area contributed by atoms with Gasteiger partial charge in [-0.15, -0.1) is 0 Å². The Kier molecular flexibility index (Phi) is 4.86. The van der Waals surface area contributed by atoms with Crippen molar-refractivity contribution in [2.45, 2.75) is 17.9 Å². The highest BCUT2D eigenvalue weighted by Crippen LogP contribution is 2.16. The van der Waals surface area contributed by atoms with Gasteiger partial charge in [-0.25, -0.2) is 13.8 Å². The predicted octanol–water partition coefficient (Wildman–Crippen LogP) is 1.01. The number of halogens is 1. The Bertz CT molecular complexity index is 491. The van der Waals surface area contributed by atoms with Crippen molar-refractivity contribution in [2.75, 3.05) is 0 Å². The highest BCUT2D eigenvalue weighted by atomic mass is 127. The zero-order valence-electron chi connectivity index (χ0n) is 8.87. The number of rotatable bonds is 5. The first-order valence-corrected chi connectivity index (χ1v) is 7.01. The van der Waals surface area contributed by atoms with Crippen molar-refractivity contribution in [3.05, 3.63) is 30.3 Å². The van der Waals surface area contributed by atoms with E-state index < -0.39 is 22.0 Å². The van der Waals surface area contributed by atoms with Crippen LogP contribution in [0.15, 0.2) is 35.2 Å². The van der Waals surface area contributed by atoms with E-state index in [1.807, 2.05) is 0 Å². The summed E-state index contributed by atoms with van der Waals surface area (Å²) < 4.78 is 24.7. The van der Waals surface area contributed by atoms with E-state index in [-0.39, 0.29) is 4.90 Å². The third-order valence-electron chi connectivity index (χ3n) is 1.92. The lowest BCUT2D eigenvalue weighted by Crippen LogP contribution is -2.44. The van der Waals surface area contributed by atoms with E-state index in [0.29, 0.717) is 0 Å². The van der Waals surface area contributed by atoms with Crippen molar-refractivity contribution in [3.63, 3.8) is 0 Å². The molecule has 0 aromatic heterocycles. The molecule has 0 aliphatic rings. The fourth-order valence-electron chi connectivity index (χ4n) is 0.962. The molecule has 0 radical (unpaired) electrons. The molecule has 0 bridgehead atoms. The lowest BCUT2D eigenvalue weighted by Gasteiger charge is -2.18. The molecule has 0 heterocycles. The van der Waals surface area contributed by atoms with Gasteiger partial charge in [0.2, 0.25) is 0 Å². The fourth-order valence-corrected chi connectivity index (χ4v) is 3.04. The van der Waals surface area contributed by atoms with Crippen LogP contribution < -0.4 is 5.43 Å². The molecule has 0 aliphatic heterocycles. The van der Waals surface area contributed by atoms with Crippen LogP contribution in [-0.2, 0) is 14.8 Å². The van der Waals surface area contributed by atoms with Gasteiger partial charge in [-0.3, -0.25) is 4.79 Å². The SMILES string of the molecule is C[C@H](NN(I)S(=O)(=O)c1ccccc1)C(=O)O. The van der Waals surface area contributed by atoms with Crippen LogP contribution in [0.25, 0.3) is 0 Å². The Labute approximate surface area is 113 Å². The van der Waals surface area contributed by atoms with Gasteiger partial charge in [-0.05, 0) is 19.1 Å². The van der Waals surface area contributed by atoms with Crippen LogP contribution in [0, 0.1) is 0 Å². The van der Waals surface area contributed by atoms with E-state index in [1.54, 1.807) is 18.2 Å². The van der Waals surface area contributed by atoms with Crippen LogP contribution >= 0.6 is 22.9 Å². The molecule has 17 heavy (non-hydrogen) atoms. The highest BCUT2D eigenvalue weighted by molar-refractivity contribution is 14.1. The molecule has 1 aromatic carbocycles. The number of nitrogens with one attached hydrogen (secondary N) is 1. The van der Waals surface area contributed by atoms with E-state index in [2.05, 4.69) is 5.43 Å². The van der Waals surface area contributed by atoms with Crippen LogP contribution in [-0.4, -0.2) is 28.2 Å². The van der Waals surface area contributed by atoms with Crippen molar-refractivity contribution in [3.8, 4) is 0 Å². The van der Waals surface area contributed by atoms with Crippen LogP contribution in [0.4, 0.5) is 0 Å². The third kappa shape index (κ3) is 3.63. The van der Waals surface area contributed by atoms with Crippen LogP contribution in [0.1, 0.15) is 6.92 Å². The second-order valence-electron chi connectivity index (χ2n) is 3.22. The number of sulfonamides is 1. The summed E-state index contributed by atoms with van der Waals surface area (Å²) in [4.78, 5) is 10.7. The maximum absolute atomic E-state index is 12.0. The number of aliphatic carboxylic acids is 1. The number of hydrogen-bond acceptors (Lipinski definition) is 4. The van der Waals surface area contributed by atoms with Crippen molar-refractivity contribution in [1.29, 1.82) is 0 Å². The Balaban J connectivity index is 2.89. The molecule has 94 valence electrons. The molecule has 8 heteroatoms. The summed E-state index contributed by atoms with van der Waals surface area (Å²) >= 11 is 1.51. The average molecular weight is 370 g/mol. The minimum atomic E-state index is -3.72. The molecule has 0 fully saturated rings. The first-order chi connectivity index (χ1) is 7.85. The van der Waals surface area contributed by atoms with Gasteiger partial charge in [-0.1, -0.05) is 20.8 Å². The Morgan fingerprint density at radius 2 is 1.94 bits per heavy atom. The zero-order valence-corrected chi connectivity index (χ0v) is 11.8. The van der Waals surface area contributed by atoms with Gasteiger partial charge in [0.05, 0.1) is 27.8 Å². The highest BCUT2D eigenvalue weighted by Gasteiger charge is 2.25. The largest absolute Gasteiger partial charge is 0.480 e. The third-order valence-corrected chi connectivity index (χ3v) is 5.15. The van der Waals surface area contributed by atoms with Crippen LogP contribution in [0.3, 0.4) is 0 Å². The second kappa shape index (κ2) is 5.76. The summed E-state index contributed by atoms with van der Waals surface area (Å²) in [5.41, 5.74) is 2.35. The summed E-state index contributed by atoms with van der Waals surface area (Å²) in [7, 11) is -3.72. The summed E-state index contributed by atoms with van der Waals surface area (Å²) in [6, 6.07) is 6.77. The first-order valence-electron chi connectivity index (χ1n) is 4.61. The molecule has 0 unspecified atom stereocenters. The maximum Gasteiger partial charge on any atom is 0.321 e. The minimum absolute atomic E-state index is 0.0967. The molecule has 0 spiro atoms. The lowest BCUT2D eigenvalue weighted by molar-refractivity contribution is -0.139. The molecule has 6 nitrogen and oxygen atoms in total. The molecular formula is C9H11IN2O4S. The summed E-state index contributed by atoms with van der Waals surface area (Å²) in [6.45, 7) is 1.36. The molecule has 1 aromatic rings. The molecule has 0 saturated heterocycles. The smallest absolute Gasteiger partial charge is 0.321 e. The van der Waals surface area contributed by atoms with Gasteiger partial charge in [0.1, 0.15) is 6.04 Å². The summed E-state index contributed by atoms with van der Waals surface area (Å²) in [5.74, 6) is -1.13. The summed E-state index contributed by atoms with van der Waals surface area (Å²) in [6.07, 6.45) is 0. The molecule has 0 saturated carbocycles. The number of benzene rings is 1. The minimum Gasteiger partial charge on any atom is -0.480 e. The molecule has 0 aliphatic carbocycles. The van der Waals surface area contributed by atoms with Crippen LogP contribution in [0.2, 0.25) is 0 Å². The van der Waals surface area contributed by atoms with Crippen LogP contribution in [0.5, 0.6) is 0 Å². The predicted molar refractivity (Wildman–Crippen MR) is 69.7 cm³/mol. The van der Waals surface area contributed by atoms with Crippen molar-refractivity contribution in [1.82, 2.24) is 8.05 Å². The number of hydrogen-bond donors (Lipinski definition) is 2. The van der Waals surface area contributed by atoms with Gasteiger partial charge >= 0.3 is 5.97 Å². The van der Waals surface area contributed by atoms with Crippen molar-refractivity contribution >= 4 is 38.9 Å². The molecule has 0 amide bonds. The van der Waals surface area contributed by atoms with E-state index in [4.69, 9.17) is 5.11 Å².